The third-order valence-electron chi connectivity index (χ3n) is 3.08. The molecular weight excluding hydrogens is 264 g/mol. The summed E-state index contributed by atoms with van der Waals surface area (Å²) in [5.41, 5.74) is 0.643. The maximum atomic E-state index is 10.7. The lowest BCUT2D eigenvalue weighted by atomic mass is 10.1. The lowest BCUT2D eigenvalue weighted by molar-refractivity contribution is -0.136. The Hall–Kier alpha value is -1.14. The van der Waals surface area contributed by atoms with Crippen LogP contribution in [-0.4, -0.2) is 41.9 Å². The van der Waals surface area contributed by atoms with Crippen LogP contribution in [-0.2, 0) is 16.0 Å². The Morgan fingerprint density at radius 1 is 1.68 bits per heavy atom. The number of nitrogens with zero attached hydrogens (tertiary/aromatic N) is 2. The zero-order valence-corrected chi connectivity index (χ0v) is 12.0. The average Bonchev–Trinajstić information content (AvgIpc) is 2.84. The first-order valence-electron chi connectivity index (χ1n) is 6.71. The molecule has 1 saturated heterocycles. The largest absolute Gasteiger partial charge is 0.481 e. The molecule has 19 heavy (non-hydrogen) atoms. The highest BCUT2D eigenvalue weighted by Crippen LogP contribution is 2.25. The van der Waals surface area contributed by atoms with Crippen LogP contribution in [0.5, 0.6) is 0 Å². The van der Waals surface area contributed by atoms with Gasteiger partial charge in [0.15, 0.2) is 5.13 Å². The number of hydrogen-bond acceptors (Lipinski definition) is 5. The van der Waals surface area contributed by atoms with Gasteiger partial charge in [-0.15, -0.1) is 11.3 Å². The van der Waals surface area contributed by atoms with Crippen molar-refractivity contribution < 1.29 is 14.6 Å². The minimum absolute atomic E-state index is 0.000102. The maximum absolute atomic E-state index is 10.7. The molecule has 0 saturated carbocycles. The summed E-state index contributed by atoms with van der Waals surface area (Å²) in [6.07, 6.45) is 3.52. The number of rotatable bonds is 6. The van der Waals surface area contributed by atoms with Gasteiger partial charge >= 0.3 is 5.97 Å². The zero-order valence-electron chi connectivity index (χ0n) is 11.2. The number of carboxylic acids is 1. The Morgan fingerprint density at radius 3 is 3.26 bits per heavy atom. The second kappa shape index (κ2) is 6.86. The molecule has 0 aliphatic carbocycles. The zero-order chi connectivity index (χ0) is 13.7. The lowest BCUT2D eigenvalue weighted by Crippen LogP contribution is -2.39. The smallest absolute Gasteiger partial charge is 0.309 e. The Morgan fingerprint density at radius 2 is 2.53 bits per heavy atom. The van der Waals surface area contributed by atoms with Gasteiger partial charge in [0, 0.05) is 25.1 Å². The summed E-state index contributed by atoms with van der Waals surface area (Å²) in [5.74, 6) is -0.834. The number of anilines is 1. The predicted molar refractivity (Wildman–Crippen MR) is 74.9 cm³/mol. The van der Waals surface area contributed by atoms with Crippen LogP contribution in [0.25, 0.3) is 0 Å². The quantitative estimate of drug-likeness (QED) is 0.867. The lowest BCUT2D eigenvalue weighted by Gasteiger charge is -2.32. The summed E-state index contributed by atoms with van der Waals surface area (Å²) in [7, 11) is 0. The molecule has 0 radical (unpaired) electrons. The van der Waals surface area contributed by atoms with Gasteiger partial charge < -0.3 is 14.7 Å². The van der Waals surface area contributed by atoms with Crippen LogP contribution >= 0.6 is 11.3 Å². The SMILES string of the molecule is CCCOC1CCCN(c2nc(CC(=O)O)cs2)C1. The summed E-state index contributed by atoms with van der Waals surface area (Å²) in [4.78, 5) is 17.3. The van der Waals surface area contributed by atoms with Gasteiger partial charge in [-0.25, -0.2) is 4.98 Å². The maximum Gasteiger partial charge on any atom is 0.309 e. The minimum atomic E-state index is -0.834. The number of piperidine rings is 1. The molecule has 6 heteroatoms. The van der Waals surface area contributed by atoms with Crippen molar-refractivity contribution in [3.8, 4) is 0 Å². The third-order valence-corrected chi connectivity index (χ3v) is 4.03. The predicted octanol–water partition coefficient (Wildman–Crippen LogP) is 2.17. The van der Waals surface area contributed by atoms with E-state index in [0.717, 1.165) is 44.1 Å². The second-order valence-electron chi connectivity index (χ2n) is 4.77. The van der Waals surface area contributed by atoms with E-state index in [-0.39, 0.29) is 12.5 Å². The van der Waals surface area contributed by atoms with Crippen LogP contribution in [0.4, 0.5) is 5.13 Å². The number of aliphatic carboxylic acids is 1. The number of hydrogen-bond donors (Lipinski definition) is 1. The number of ether oxygens (including phenoxy) is 1. The van der Waals surface area contributed by atoms with E-state index in [2.05, 4.69) is 16.8 Å². The molecule has 1 aromatic heterocycles. The van der Waals surface area contributed by atoms with Crippen molar-refractivity contribution in [2.24, 2.45) is 0 Å². The van der Waals surface area contributed by atoms with Crippen LogP contribution in [0.3, 0.4) is 0 Å². The van der Waals surface area contributed by atoms with E-state index in [4.69, 9.17) is 9.84 Å². The molecule has 1 aliphatic rings. The van der Waals surface area contributed by atoms with Gasteiger partial charge in [-0.3, -0.25) is 4.79 Å². The molecule has 2 heterocycles. The Bertz CT molecular complexity index is 422. The standard InChI is InChI=1S/C13H20N2O3S/c1-2-6-18-11-4-3-5-15(8-11)13-14-10(9-19-13)7-12(16)17/h9,11H,2-8H2,1H3,(H,16,17). The van der Waals surface area contributed by atoms with Gasteiger partial charge in [0.05, 0.1) is 18.2 Å². The van der Waals surface area contributed by atoms with Gasteiger partial charge in [-0.05, 0) is 19.3 Å². The van der Waals surface area contributed by atoms with Crippen LogP contribution < -0.4 is 4.90 Å². The molecule has 0 amide bonds. The van der Waals surface area contributed by atoms with Gasteiger partial charge in [-0.1, -0.05) is 6.92 Å². The number of carboxylic acid groups (broad SMARTS) is 1. The average molecular weight is 284 g/mol. The van der Waals surface area contributed by atoms with Crippen LogP contribution in [0.1, 0.15) is 31.9 Å². The molecule has 0 bridgehead atoms. The normalized spacial score (nSPS) is 19.6. The molecule has 1 atom stereocenters. The van der Waals surface area contributed by atoms with Crippen molar-refractivity contribution >= 4 is 22.4 Å². The number of thiazole rings is 1. The number of carbonyl (C=O) groups is 1. The van der Waals surface area contributed by atoms with Crippen LogP contribution in [0.2, 0.25) is 0 Å². The number of aromatic nitrogens is 1. The van der Waals surface area contributed by atoms with Gasteiger partial charge in [0.25, 0.3) is 0 Å². The molecular formula is C13H20N2O3S. The summed E-state index contributed by atoms with van der Waals surface area (Å²) in [6.45, 7) is 4.76. The molecule has 106 valence electrons. The Labute approximate surface area is 117 Å². The second-order valence-corrected chi connectivity index (χ2v) is 5.61. The van der Waals surface area contributed by atoms with Gasteiger partial charge in [0.1, 0.15) is 0 Å². The summed E-state index contributed by atoms with van der Waals surface area (Å²) >= 11 is 1.52. The minimum Gasteiger partial charge on any atom is -0.481 e. The van der Waals surface area contributed by atoms with E-state index in [1.807, 2.05) is 5.38 Å². The molecule has 1 unspecified atom stereocenters. The van der Waals surface area contributed by atoms with Crippen LogP contribution in [0, 0.1) is 0 Å². The van der Waals surface area contributed by atoms with Crippen molar-refractivity contribution in [1.82, 2.24) is 4.98 Å². The first-order valence-corrected chi connectivity index (χ1v) is 7.59. The summed E-state index contributed by atoms with van der Waals surface area (Å²) in [6, 6.07) is 0. The highest BCUT2D eigenvalue weighted by Gasteiger charge is 2.22. The molecule has 0 aromatic carbocycles. The van der Waals surface area contributed by atoms with Crippen molar-refractivity contribution in [2.45, 2.75) is 38.7 Å². The van der Waals surface area contributed by atoms with E-state index in [9.17, 15) is 4.79 Å². The van der Waals surface area contributed by atoms with Crippen molar-refractivity contribution in [2.75, 3.05) is 24.6 Å². The Kier molecular flexibility index (Phi) is 5.15. The first-order chi connectivity index (χ1) is 9.19. The van der Waals surface area contributed by atoms with Crippen molar-refractivity contribution in [3.05, 3.63) is 11.1 Å². The van der Waals surface area contributed by atoms with E-state index in [0.29, 0.717) is 5.69 Å². The fourth-order valence-corrected chi connectivity index (χ4v) is 3.07. The fourth-order valence-electron chi connectivity index (χ4n) is 2.21. The molecule has 1 N–H and O–H groups in total. The first kappa shape index (κ1) is 14.3. The molecule has 5 nitrogen and oxygen atoms in total. The molecule has 1 fully saturated rings. The Balaban J connectivity index is 1.93. The highest BCUT2D eigenvalue weighted by molar-refractivity contribution is 7.13. The monoisotopic (exact) mass is 284 g/mol. The molecule has 1 aliphatic heterocycles. The van der Waals surface area contributed by atoms with E-state index in [1.165, 1.54) is 11.3 Å². The fraction of sp³-hybridized carbons (Fsp3) is 0.692. The molecule has 0 spiro atoms. The van der Waals surface area contributed by atoms with Gasteiger partial charge in [-0.2, -0.15) is 0 Å². The van der Waals surface area contributed by atoms with E-state index in [1.54, 1.807) is 0 Å². The van der Waals surface area contributed by atoms with Crippen LogP contribution in [0.15, 0.2) is 5.38 Å². The molecule has 2 rings (SSSR count). The van der Waals surface area contributed by atoms with Crippen molar-refractivity contribution in [1.29, 1.82) is 0 Å². The van der Waals surface area contributed by atoms with E-state index >= 15 is 0 Å². The van der Waals surface area contributed by atoms with Crippen molar-refractivity contribution in [3.63, 3.8) is 0 Å². The molecule has 1 aromatic rings. The summed E-state index contributed by atoms with van der Waals surface area (Å²) in [5, 5.41) is 11.5. The summed E-state index contributed by atoms with van der Waals surface area (Å²) < 4.78 is 5.80. The topological polar surface area (TPSA) is 62.7 Å². The van der Waals surface area contributed by atoms with E-state index < -0.39 is 5.97 Å². The third kappa shape index (κ3) is 4.18. The van der Waals surface area contributed by atoms with Gasteiger partial charge in [0.2, 0.25) is 0 Å². The highest BCUT2D eigenvalue weighted by atomic mass is 32.1.